The third kappa shape index (κ3) is 3.25. The average molecular weight is 355 g/mol. The van der Waals surface area contributed by atoms with E-state index in [1.165, 1.54) is 24.1 Å². The Morgan fingerprint density at radius 3 is 2.90 bits per heavy atom. The molecule has 5 heteroatoms. The molecule has 0 spiro atoms. The fourth-order valence-corrected chi connectivity index (χ4v) is 2.90. The molecule has 1 aromatic heterocycles. The zero-order valence-electron chi connectivity index (χ0n) is 11.4. The van der Waals surface area contributed by atoms with Gasteiger partial charge in [0.25, 0.3) is 0 Å². The van der Waals surface area contributed by atoms with Gasteiger partial charge in [-0.1, -0.05) is 33.6 Å². The van der Waals surface area contributed by atoms with Gasteiger partial charge in [-0.2, -0.15) is 5.10 Å². The van der Waals surface area contributed by atoms with Gasteiger partial charge in [0.05, 0.1) is 12.7 Å². The van der Waals surface area contributed by atoms with Crippen LogP contribution in [0.25, 0.3) is 0 Å². The fourth-order valence-electron chi connectivity index (χ4n) is 2.17. The first-order valence-corrected chi connectivity index (χ1v) is 7.99. The van der Waals surface area contributed by atoms with Crippen molar-refractivity contribution < 1.29 is 0 Å². The Kier molecular flexibility index (Phi) is 4.15. The SMILES string of the molecule is Cc1c(CNC2CC2)cnn1Cc1ccc(Br)cc1Cl. The summed E-state index contributed by atoms with van der Waals surface area (Å²) >= 11 is 9.69. The maximum absolute atomic E-state index is 6.27. The number of hydrogen-bond acceptors (Lipinski definition) is 2. The molecule has 1 saturated carbocycles. The summed E-state index contributed by atoms with van der Waals surface area (Å²) in [5, 5.41) is 8.77. The van der Waals surface area contributed by atoms with E-state index in [9.17, 15) is 0 Å². The molecule has 0 aliphatic heterocycles. The standard InChI is InChI=1S/C15H17BrClN3/c1-10-12(7-18-14-4-5-14)8-19-20(10)9-11-2-3-13(16)6-15(11)17/h2-3,6,8,14,18H,4-5,7,9H2,1H3. The second kappa shape index (κ2) is 5.88. The molecule has 3 rings (SSSR count). The van der Waals surface area contributed by atoms with Crippen molar-refractivity contribution in [2.45, 2.75) is 38.9 Å². The summed E-state index contributed by atoms with van der Waals surface area (Å²) in [6.45, 7) is 3.73. The first-order chi connectivity index (χ1) is 9.63. The summed E-state index contributed by atoms with van der Waals surface area (Å²) in [5.41, 5.74) is 3.56. The van der Waals surface area contributed by atoms with E-state index in [1.807, 2.05) is 29.1 Å². The second-order valence-electron chi connectivity index (χ2n) is 5.30. The molecular formula is C15H17BrClN3. The largest absolute Gasteiger partial charge is 0.310 e. The molecule has 1 heterocycles. The van der Waals surface area contributed by atoms with Crippen LogP contribution in [0, 0.1) is 6.92 Å². The van der Waals surface area contributed by atoms with Crippen molar-refractivity contribution in [1.82, 2.24) is 15.1 Å². The molecule has 0 saturated heterocycles. The molecular weight excluding hydrogens is 338 g/mol. The molecule has 0 bridgehead atoms. The van der Waals surface area contributed by atoms with Gasteiger partial charge in [0.15, 0.2) is 0 Å². The summed E-state index contributed by atoms with van der Waals surface area (Å²) in [4.78, 5) is 0. The minimum absolute atomic E-state index is 0.710. The summed E-state index contributed by atoms with van der Waals surface area (Å²) in [7, 11) is 0. The summed E-state index contributed by atoms with van der Waals surface area (Å²) in [6.07, 6.45) is 4.57. The Bertz CT molecular complexity index is 620. The number of nitrogens with one attached hydrogen (secondary N) is 1. The van der Waals surface area contributed by atoms with Crippen LogP contribution in [0.5, 0.6) is 0 Å². The fraction of sp³-hybridized carbons (Fsp3) is 0.400. The highest BCUT2D eigenvalue weighted by atomic mass is 79.9. The highest BCUT2D eigenvalue weighted by Crippen LogP contribution is 2.23. The lowest BCUT2D eigenvalue weighted by Crippen LogP contribution is -2.16. The van der Waals surface area contributed by atoms with E-state index in [4.69, 9.17) is 11.6 Å². The highest BCUT2D eigenvalue weighted by Gasteiger charge is 2.20. The molecule has 106 valence electrons. The van der Waals surface area contributed by atoms with Crippen molar-refractivity contribution in [2.24, 2.45) is 0 Å². The lowest BCUT2D eigenvalue weighted by atomic mass is 10.2. The Morgan fingerprint density at radius 1 is 1.40 bits per heavy atom. The van der Waals surface area contributed by atoms with Crippen LogP contribution >= 0.6 is 27.5 Å². The van der Waals surface area contributed by atoms with Crippen molar-refractivity contribution in [3.63, 3.8) is 0 Å². The molecule has 0 amide bonds. The summed E-state index contributed by atoms with van der Waals surface area (Å²) in [5.74, 6) is 0. The Hall–Kier alpha value is -0.840. The molecule has 1 aliphatic rings. The van der Waals surface area contributed by atoms with Gasteiger partial charge in [-0.3, -0.25) is 4.68 Å². The molecule has 3 nitrogen and oxygen atoms in total. The van der Waals surface area contributed by atoms with Gasteiger partial charge in [0.1, 0.15) is 0 Å². The molecule has 1 N–H and O–H groups in total. The third-order valence-corrected chi connectivity index (χ3v) is 4.54. The van der Waals surface area contributed by atoms with Gasteiger partial charge in [-0.15, -0.1) is 0 Å². The van der Waals surface area contributed by atoms with Crippen LogP contribution in [0.3, 0.4) is 0 Å². The average Bonchev–Trinajstić information content (AvgIpc) is 3.17. The van der Waals surface area contributed by atoms with Gasteiger partial charge in [-0.25, -0.2) is 0 Å². The van der Waals surface area contributed by atoms with Crippen molar-refractivity contribution in [2.75, 3.05) is 0 Å². The first kappa shape index (κ1) is 14.1. The smallest absolute Gasteiger partial charge is 0.0677 e. The van der Waals surface area contributed by atoms with Gasteiger partial charge in [0.2, 0.25) is 0 Å². The third-order valence-electron chi connectivity index (χ3n) is 3.70. The molecule has 20 heavy (non-hydrogen) atoms. The summed E-state index contributed by atoms with van der Waals surface area (Å²) in [6, 6.07) is 6.69. The quantitative estimate of drug-likeness (QED) is 0.882. The van der Waals surface area contributed by atoms with E-state index in [1.54, 1.807) is 0 Å². The Labute approximate surface area is 132 Å². The predicted molar refractivity (Wildman–Crippen MR) is 85.1 cm³/mol. The van der Waals surface area contributed by atoms with Crippen LogP contribution in [-0.4, -0.2) is 15.8 Å². The molecule has 2 aromatic rings. The Morgan fingerprint density at radius 2 is 2.20 bits per heavy atom. The van der Waals surface area contributed by atoms with Crippen LogP contribution in [0.2, 0.25) is 5.02 Å². The van der Waals surface area contributed by atoms with E-state index in [-0.39, 0.29) is 0 Å². The summed E-state index contributed by atoms with van der Waals surface area (Å²) < 4.78 is 3.01. The molecule has 1 fully saturated rings. The lowest BCUT2D eigenvalue weighted by Gasteiger charge is -2.08. The number of aromatic nitrogens is 2. The van der Waals surface area contributed by atoms with Gasteiger partial charge in [0, 0.05) is 33.3 Å². The topological polar surface area (TPSA) is 29.9 Å². The lowest BCUT2D eigenvalue weighted by molar-refractivity contribution is 0.654. The molecule has 1 aliphatic carbocycles. The van der Waals surface area contributed by atoms with E-state index in [0.29, 0.717) is 6.54 Å². The zero-order valence-corrected chi connectivity index (χ0v) is 13.7. The minimum atomic E-state index is 0.710. The highest BCUT2D eigenvalue weighted by molar-refractivity contribution is 9.10. The van der Waals surface area contributed by atoms with Crippen molar-refractivity contribution in [1.29, 1.82) is 0 Å². The maximum Gasteiger partial charge on any atom is 0.0677 e. The van der Waals surface area contributed by atoms with E-state index >= 15 is 0 Å². The van der Waals surface area contributed by atoms with Crippen LogP contribution < -0.4 is 5.32 Å². The Balaban J connectivity index is 1.73. The van der Waals surface area contributed by atoms with E-state index in [2.05, 4.69) is 33.3 Å². The van der Waals surface area contributed by atoms with Crippen LogP contribution in [-0.2, 0) is 13.1 Å². The molecule has 0 atom stereocenters. The van der Waals surface area contributed by atoms with Crippen molar-refractivity contribution in [3.05, 3.63) is 50.7 Å². The predicted octanol–water partition coefficient (Wildman–Crippen LogP) is 3.91. The molecule has 0 radical (unpaired) electrons. The van der Waals surface area contributed by atoms with Gasteiger partial charge < -0.3 is 5.32 Å². The number of rotatable bonds is 5. The van der Waals surface area contributed by atoms with Crippen LogP contribution in [0.4, 0.5) is 0 Å². The van der Waals surface area contributed by atoms with Crippen LogP contribution in [0.1, 0.15) is 29.7 Å². The number of halogens is 2. The minimum Gasteiger partial charge on any atom is -0.310 e. The van der Waals surface area contributed by atoms with E-state index < -0.39 is 0 Å². The second-order valence-corrected chi connectivity index (χ2v) is 6.63. The van der Waals surface area contributed by atoms with Gasteiger partial charge >= 0.3 is 0 Å². The number of benzene rings is 1. The van der Waals surface area contributed by atoms with E-state index in [0.717, 1.165) is 27.6 Å². The molecule has 1 aromatic carbocycles. The van der Waals surface area contributed by atoms with Crippen molar-refractivity contribution >= 4 is 27.5 Å². The van der Waals surface area contributed by atoms with Crippen molar-refractivity contribution in [3.8, 4) is 0 Å². The normalized spacial score (nSPS) is 14.8. The zero-order chi connectivity index (χ0) is 14.1. The first-order valence-electron chi connectivity index (χ1n) is 6.82. The number of nitrogens with zero attached hydrogens (tertiary/aromatic N) is 2. The van der Waals surface area contributed by atoms with Gasteiger partial charge in [-0.05, 0) is 37.5 Å². The van der Waals surface area contributed by atoms with Crippen LogP contribution in [0.15, 0.2) is 28.9 Å². The monoisotopic (exact) mass is 353 g/mol. The molecule has 0 unspecified atom stereocenters. The number of hydrogen-bond donors (Lipinski definition) is 1. The maximum atomic E-state index is 6.27.